The Balaban J connectivity index is 1.67. The van der Waals surface area contributed by atoms with Gasteiger partial charge in [0.1, 0.15) is 5.69 Å². The maximum absolute atomic E-state index is 12.4. The average Bonchev–Trinajstić information content (AvgIpc) is 2.77. The molecule has 3 rings (SSSR count). The second-order valence-corrected chi connectivity index (χ2v) is 7.91. The van der Waals surface area contributed by atoms with Crippen molar-refractivity contribution in [2.24, 2.45) is 5.92 Å². The Kier molecular flexibility index (Phi) is 7.19. The fraction of sp³-hybridized carbons (Fsp3) is 0.348. The molecule has 9 nitrogen and oxygen atoms in total. The molecule has 1 heterocycles. The number of hydrogen-bond donors (Lipinski definition) is 1. The Hall–Kier alpha value is -3.75. The van der Waals surface area contributed by atoms with E-state index in [0.717, 1.165) is 25.9 Å². The van der Waals surface area contributed by atoms with Gasteiger partial charge in [-0.3, -0.25) is 19.7 Å². The van der Waals surface area contributed by atoms with Crippen LogP contribution < -0.4 is 10.2 Å². The van der Waals surface area contributed by atoms with E-state index in [4.69, 9.17) is 4.74 Å². The molecular formula is C23H25N3O6. The van der Waals surface area contributed by atoms with Gasteiger partial charge < -0.3 is 15.0 Å². The van der Waals surface area contributed by atoms with Crippen molar-refractivity contribution in [1.29, 1.82) is 0 Å². The highest BCUT2D eigenvalue weighted by Gasteiger charge is 2.25. The van der Waals surface area contributed by atoms with Crippen molar-refractivity contribution in [1.82, 2.24) is 0 Å². The highest BCUT2D eigenvalue weighted by Crippen LogP contribution is 2.32. The van der Waals surface area contributed by atoms with Gasteiger partial charge in [-0.05, 0) is 55.2 Å². The van der Waals surface area contributed by atoms with E-state index < -0.39 is 23.3 Å². The van der Waals surface area contributed by atoms with Crippen LogP contribution in [0.4, 0.5) is 17.1 Å². The molecule has 2 aromatic carbocycles. The third-order valence-electron chi connectivity index (χ3n) is 5.27. The Morgan fingerprint density at radius 3 is 2.47 bits per heavy atom. The molecule has 1 N–H and O–H groups in total. The second kappa shape index (κ2) is 10.0. The van der Waals surface area contributed by atoms with Crippen LogP contribution in [0.2, 0.25) is 0 Å². The molecule has 0 saturated carbocycles. The zero-order valence-corrected chi connectivity index (χ0v) is 18.0. The van der Waals surface area contributed by atoms with Crippen LogP contribution in [0.1, 0.15) is 47.4 Å². The lowest BCUT2D eigenvalue weighted by atomic mass is 9.99. The normalized spacial score (nSPS) is 15.7. The first kappa shape index (κ1) is 22.9. The Morgan fingerprint density at radius 1 is 1.16 bits per heavy atom. The standard InChI is InChI=1S/C23H25N3O6/c1-15-4-3-11-25(13-15)20-10-7-18(12-21(20)26(30)31)23(29)32-14-22(28)17-5-8-19(9-6-17)24-16(2)27/h5-10,12,15H,3-4,11,13-14H2,1-2H3,(H,24,27). The SMILES string of the molecule is CC(=O)Nc1ccc(C(=O)COC(=O)c2ccc(N3CCCC(C)C3)c([N+](=O)[O-])c2)cc1. The number of Topliss-reactive ketones (excluding diaryl/α,β-unsaturated/α-hetero) is 1. The van der Waals surface area contributed by atoms with Gasteiger partial charge in [-0.2, -0.15) is 0 Å². The van der Waals surface area contributed by atoms with Gasteiger partial charge in [0.05, 0.1) is 10.5 Å². The van der Waals surface area contributed by atoms with Crippen LogP contribution in [0.25, 0.3) is 0 Å². The zero-order valence-electron chi connectivity index (χ0n) is 18.0. The smallest absolute Gasteiger partial charge is 0.338 e. The zero-order chi connectivity index (χ0) is 23.3. The van der Waals surface area contributed by atoms with Crippen molar-refractivity contribution < 1.29 is 24.0 Å². The predicted molar refractivity (Wildman–Crippen MR) is 119 cm³/mol. The summed E-state index contributed by atoms with van der Waals surface area (Å²) in [4.78, 5) is 48.8. The number of nitro groups is 1. The van der Waals surface area contributed by atoms with Crippen LogP contribution in [-0.4, -0.2) is 42.3 Å². The number of nitrogens with zero attached hydrogens (tertiary/aromatic N) is 2. The minimum absolute atomic E-state index is 0.0133. The monoisotopic (exact) mass is 439 g/mol. The van der Waals surface area contributed by atoms with Crippen LogP contribution in [0, 0.1) is 16.0 Å². The molecule has 1 aliphatic rings. The van der Waals surface area contributed by atoms with Crippen molar-refractivity contribution in [2.75, 3.05) is 29.9 Å². The number of ether oxygens (including phenoxy) is 1. The Morgan fingerprint density at radius 2 is 1.84 bits per heavy atom. The average molecular weight is 439 g/mol. The first-order valence-electron chi connectivity index (χ1n) is 10.4. The third kappa shape index (κ3) is 5.69. The van der Waals surface area contributed by atoms with Gasteiger partial charge in [0.2, 0.25) is 5.91 Å². The van der Waals surface area contributed by atoms with E-state index in [0.29, 0.717) is 22.9 Å². The molecule has 1 atom stereocenters. The number of amides is 1. The summed E-state index contributed by atoms with van der Waals surface area (Å²) in [6, 6.07) is 10.4. The number of nitrogens with one attached hydrogen (secondary N) is 1. The lowest BCUT2D eigenvalue weighted by molar-refractivity contribution is -0.384. The second-order valence-electron chi connectivity index (χ2n) is 7.91. The van der Waals surface area contributed by atoms with Crippen LogP contribution in [-0.2, 0) is 9.53 Å². The summed E-state index contributed by atoms with van der Waals surface area (Å²) in [5.41, 5.74) is 1.19. The molecule has 0 radical (unpaired) electrons. The molecule has 168 valence electrons. The van der Waals surface area contributed by atoms with Crippen molar-refractivity contribution in [3.8, 4) is 0 Å². The number of hydrogen-bond acceptors (Lipinski definition) is 7. The third-order valence-corrected chi connectivity index (χ3v) is 5.27. The Labute approximate surface area is 185 Å². The molecule has 1 saturated heterocycles. The number of carbonyl (C=O) groups is 3. The van der Waals surface area contributed by atoms with E-state index in [1.807, 2.05) is 4.90 Å². The summed E-state index contributed by atoms with van der Waals surface area (Å²) >= 11 is 0. The number of piperidine rings is 1. The van der Waals surface area contributed by atoms with Crippen LogP contribution >= 0.6 is 0 Å². The first-order chi connectivity index (χ1) is 15.2. The molecule has 0 spiro atoms. The van der Waals surface area contributed by atoms with E-state index in [9.17, 15) is 24.5 Å². The van der Waals surface area contributed by atoms with Crippen LogP contribution in [0.3, 0.4) is 0 Å². The number of ketones is 1. The van der Waals surface area contributed by atoms with Crippen molar-refractivity contribution in [2.45, 2.75) is 26.7 Å². The number of rotatable bonds is 7. The number of nitro benzene ring substituents is 1. The predicted octanol–water partition coefficient (Wildman–Crippen LogP) is 3.83. The van der Waals surface area contributed by atoms with Gasteiger partial charge >= 0.3 is 5.97 Å². The molecule has 0 bridgehead atoms. The summed E-state index contributed by atoms with van der Waals surface area (Å²) in [5.74, 6) is -1.03. The number of carbonyl (C=O) groups excluding carboxylic acids is 3. The fourth-order valence-corrected chi connectivity index (χ4v) is 3.71. The summed E-state index contributed by atoms with van der Waals surface area (Å²) in [5, 5.41) is 14.2. The maximum atomic E-state index is 12.4. The summed E-state index contributed by atoms with van der Waals surface area (Å²) in [6.07, 6.45) is 2.04. The highest BCUT2D eigenvalue weighted by molar-refractivity contribution is 6.00. The van der Waals surface area contributed by atoms with Gasteiger partial charge in [0.25, 0.3) is 5.69 Å². The molecule has 32 heavy (non-hydrogen) atoms. The van der Waals surface area contributed by atoms with E-state index in [2.05, 4.69) is 12.2 Å². The van der Waals surface area contributed by atoms with E-state index in [-0.39, 0.29) is 17.2 Å². The molecule has 9 heteroatoms. The molecule has 1 fully saturated rings. The van der Waals surface area contributed by atoms with Crippen LogP contribution in [0.15, 0.2) is 42.5 Å². The lowest BCUT2D eigenvalue weighted by Gasteiger charge is -2.32. The molecule has 1 aliphatic heterocycles. The topological polar surface area (TPSA) is 119 Å². The van der Waals surface area contributed by atoms with Crippen LogP contribution in [0.5, 0.6) is 0 Å². The van der Waals surface area contributed by atoms with Gasteiger partial charge in [-0.25, -0.2) is 4.79 Å². The minimum Gasteiger partial charge on any atom is -0.454 e. The van der Waals surface area contributed by atoms with Gasteiger partial charge in [0.15, 0.2) is 12.4 Å². The van der Waals surface area contributed by atoms with Crippen molar-refractivity contribution in [3.63, 3.8) is 0 Å². The van der Waals surface area contributed by atoms with Gasteiger partial charge in [-0.1, -0.05) is 6.92 Å². The molecule has 0 aliphatic carbocycles. The van der Waals surface area contributed by atoms with Crippen molar-refractivity contribution >= 4 is 34.7 Å². The van der Waals surface area contributed by atoms with Gasteiger partial charge in [0, 0.05) is 37.3 Å². The quantitative estimate of drug-likeness (QED) is 0.301. The fourth-order valence-electron chi connectivity index (χ4n) is 3.71. The largest absolute Gasteiger partial charge is 0.454 e. The van der Waals surface area contributed by atoms with Crippen molar-refractivity contribution in [3.05, 3.63) is 63.7 Å². The van der Waals surface area contributed by atoms with E-state index >= 15 is 0 Å². The van der Waals surface area contributed by atoms with E-state index in [1.165, 1.54) is 31.2 Å². The molecule has 1 unspecified atom stereocenters. The first-order valence-corrected chi connectivity index (χ1v) is 10.4. The summed E-state index contributed by atoms with van der Waals surface area (Å²) < 4.78 is 5.08. The summed E-state index contributed by atoms with van der Waals surface area (Å²) in [7, 11) is 0. The Bertz CT molecular complexity index is 1030. The highest BCUT2D eigenvalue weighted by atomic mass is 16.6. The molecule has 1 amide bonds. The van der Waals surface area contributed by atoms with Gasteiger partial charge in [-0.15, -0.1) is 0 Å². The molecular weight excluding hydrogens is 414 g/mol. The minimum atomic E-state index is -0.810. The molecule has 2 aromatic rings. The number of benzene rings is 2. The summed E-state index contributed by atoms with van der Waals surface area (Å²) in [6.45, 7) is 4.43. The lowest BCUT2D eigenvalue weighted by Crippen LogP contribution is -2.34. The maximum Gasteiger partial charge on any atom is 0.338 e. The number of anilines is 2. The van der Waals surface area contributed by atoms with E-state index in [1.54, 1.807) is 18.2 Å². The molecule has 0 aromatic heterocycles. The number of esters is 1.